The minimum Gasteiger partial charge on any atom is -0.383 e. The number of ether oxygens (including phenoxy) is 1. The maximum atomic E-state index is 12.2. The zero-order chi connectivity index (χ0) is 14.8. The van der Waals surface area contributed by atoms with Crippen LogP contribution in [0.5, 0.6) is 0 Å². The van der Waals surface area contributed by atoms with Crippen molar-refractivity contribution >= 4 is 17.4 Å². The smallest absolute Gasteiger partial charge is 0.288 e. The van der Waals surface area contributed by atoms with Crippen LogP contribution in [0.15, 0.2) is 12.3 Å². The lowest BCUT2D eigenvalue weighted by Crippen LogP contribution is -2.51. The Balaban J connectivity index is 2.20. The number of nitrogens with two attached hydrogens (primary N) is 1. The van der Waals surface area contributed by atoms with Gasteiger partial charge in [0.2, 0.25) is 0 Å². The van der Waals surface area contributed by atoms with Gasteiger partial charge in [0.25, 0.3) is 11.6 Å². The molecule has 1 amide bonds. The monoisotopic (exact) mass is 280 g/mol. The highest BCUT2D eigenvalue weighted by Crippen LogP contribution is 2.21. The Morgan fingerprint density at radius 1 is 1.65 bits per heavy atom. The van der Waals surface area contributed by atoms with Crippen molar-refractivity contribution in [3.05, 3.63) is 27.9 Å². The molecule has 1 aromatic heterocycles. The van der Waals surface area contributed by atoms with Gasteiger partial charge < -0.3 is 15.8 Å². The average Bonchev–Trinajstić information content (AvgIpc) is 2.39. The van der Waals surface area contributed by atoms with E-state index in [4.69, 9.17) is 10.5 Å². The fourth-order valence-corrected chi connectivity index (χ4v) is 2.12. The molecule has 20 heavy (non-hydrogen) atoms. The van der Waals surface area contributed by atoms with Gasteiger partial charge in [0.1, 0.15) is 12.0 Å². The van der Waals surface area contributed by atoms with E-state index < -0.39 is 16.4 Å². The first-order chi connectivity index (χ1) is 9.41. The standard InChI is InChI=1S/C12H16N4O4/c1-12(3-2-4-20-7-12)15-11(17)9-5-8(16(18)19)6-14-10(9)13/h5-6H,2-4,7H2,1H3,(H2,13,14)(H,15,17). The van der Waals surface area contributed by atoms with Crippen LogP contribution in [0.25, 0.3) is 0 Å². The highest BCUT2D eigenvalue weighted by Gasteiger charge is 2.30. The van der Waals surface area contributed by atoms with E-state index in [9.17, 15) is 14.9 Å². The highest BCUT2D eigenvalue weighted by atomic mass is 16.6. The molecule has 1 aromatic rings. The Labute approximate surface area is 115 Å². The van der Waals surface area contributed by atoms with Gasteiger partial charge in [-0.3, -0.25) is 14.9 Å². The summed E-state index contributed by atoms with van der Waals surface area (Å²) in [7, 11) is 0. The Morgan fingerprint density at radius 3 is 3.00 bits per heavy atom. The van der Waals surface area contributed by atoms with E-state index in [0.717, 1.165) is 25.1 Å². The Hall–Kier alpha value is -2.22. The molecule has 8 heteroatoms. The van der Waals surface area contributed by atoms with Crippen molar-refractivity contribution in [1.82, 2.24) is 10.3 Å². The second-order valence-corrected chi connectivity index (χ2v) is 5.05. The van der Waals surface area contributed by atoms with E-state index in [-0.39, 0.29) is 17.1 Å². The summed E-state index contributed by atoms with van der Waals surface area (Å²) in [5, 5.41) is 13.5. The first-order valence-corrected chi connectivity index (χ1v) is 6.21. The van der Waals surface area contributed by atoms with Gasteiger partial charge in [-0.1, -0.05) is 0 Å². The third-order valence-electron chi connectivity index (χ3n) is 3.21. The van der Waals surface area contributed by atoms with E-state index in [2.05, 4.69) is 10.3 Å². The maximum absolute atomic E-state index is 12.2. The number of nitrogens with one attached hydrogen (secondary N) is 1. The van der Waals surface area contributed by atoms with Crippen LogP contribution in [0.1, 0.15) is 30.1 Å². The summed E-state index contributed by atoms with van der Waals surface area (Å²) in [5.74, 6) is -0.514. The van der Waals surface area contributed by atoms with Gasteiger partial charge in [-0.15, -0.1) is 0 Å². The van der Waals surface area contributed by atoms with E-state index >= 15 is 0 Å². The molecule has 108 valence electrons. The summed E-state index contributed by atoms with van der Waals surface area (Å²) in [4.78, 5) is 26.0. The number of nitrogens with zero attached hydrogens (tertiary/aromatic N) is 2. The summed E-state index contributed by atoms with van der Waals surface area (Å²) in [6, 6.07) is 1.13. The quantitative estimate of drug-likeness (QED) is 0.626. The van der Waals surface area contributed by atoms with Crippen LogP contribution in [0.4, 0.5) is 11.5 Å². The molecule has 0 aromatic carbocycles. The fraction of sp³-hybridized carbons (Fsp3) is 0.500. The minimum absolute atomic E-state index is 0.00555. The first kappa shape index (κ1) is 14.2. The topological polar surface area (TPSA) is 120 Å². The molecule has 1 unspecified atom stereocenters. The van der Waals surface area contributed by atoms with Crippen LogP contribution in [0.3, 0.4) is 0 Å². The zero-order valence-corrected chi connectivity index (χ0v) is 11.1. The molecule has 2 rings (SSSR count). The molecule has 1 atom stereocenters. The molecule has 2 heterocycles. The molecular formula is C12H16N4O4. The molecule has 0 bridgehead atoms. The van der Waals surface area contributed by atoms with Gasteiger partial charge in [-0.2, -0.15) is 0 Å². The molecule has 0 aliphatic carbocycles. The molecule has 1 fully saturated rings. The third kappa shape index (κ3) is 3.02. The van der Waals surface area contributed by atoms with Gasteiger partial charge >= 0.3 is 0 Å². The van der Waals surface area contributed by atoms with Gasteiger partial charge in [0.15, 0.2) is 0 Å². The van der Waals surface area contributed by atoms with Crippen LogP contribution < -0.4 is 11.1 Å². The normalized spacial score (nSPS) is 22.2. The number of carbonyl (C=O) groups is 1. The summed E-state index contributed by atoms with van der Waals surface area (Å²) in [5.41, 5.74) is 4.86. The largest absolute Gasteiger partial charge is 0.383 e. The lowest BCUT2D eigenvalue weighted by atomic mass is 9.94. The number of aromatic nitrogens is 1. The summed E-state index contributed by atoms with van der Waals surface area (Å²) in [6.07, 6.45) is 2.65. The van der Waals surface area contributed by atoms with Crippen molar-refractivity contribution in [2.45, 2.75) is 25.3 Å². The van der Waals surface area contributed by atoms with Crippen molar-refractivity contribution in [2.75, 3.05) is 18.9 Å². The van der Waals surface area contributed by atoms with Crippen LogP contribution in [0, 0.1) is 10.1 Å². The number of nitro groups is 1. The average molecular weight is 280 g/mol. The van der Waals surface area contributed by atoms with Gasteiger partial charge in [-0.25, -0.2) is 4.98 Å². The van der Waals surface area contributed by atoms with Gasteiger partial charge in [-0.05, 0) is 19.8 Å². The Morgan fingerprint density at radius 2 is 2.40 bits per heavy atom. The van der Waals surface area contributed by atoms with E-state index in [1.165, 1.54) is 0 Å². The number of carbonyl (C=O) groups excluding carboxylic acids is 1. The first-order valence-electron chi connectivity index (χ1n) is 6.21. The van der Waals surface area contributed by atoms with Gasteiger partial charge in [0.05, 0.1) is 22.6 Å². The molecule has 1 aliphatic heterocycles. The minimum atomic E-state index is -0.616. The summed E-state index contributed by atoms with van der Waals surface area (Å²) < 4.78 is 5.34. The molecule has 0 radical (unpaired) electrons. The lowest BCUT2D eigenvalue weighted by Gasteiger charge is -2.34. The molecule has 1 saturated heterocycles. The van der Waals surface area contributed by atoms with E-state index in [0.29, 0.717) is 13.2 Å². The predicted molar refractivity (Wildman–Crippen MR) is 71.2 cm³/mol. The molecular weight excluding hydrogens is 264 g/mol. The Bertz CT molecular complexity index is 540. The summed E-state index contributed by atoms with van der Waals surface area (Å²) >= 11 is 0. The lowest BCUT2D eigenvalue weighted by molar-refractivity contribution is -0.385. The number of hydrogen-bond donors (Lipinski definition) is 2. The number of anilines is 1. The third-order valence-corrected chi connectivity index (χ3v) is 3.21. The second kappa shape index (κ2) is 5.41. The maximum Gasteiger partial charge on any atom is 0.288 e. The van der Waals surface area contributed by atoms with Crippen LogP contribution in [-0.2, 0) is 4.74 Å². The molecule has 0 spiro atoms. The highest BCUT2D eigenvalue weighted by molar-refractivity contribution is 5.99. The number of hydrogen-bond acceptors (Lipinski definition) is 6. The van der Waals surface area contributed by atoms with Crippen molar-refractivity contribution in [3.63, 3.8) is 0 Å². The molecule has 1 aliphatic rings. The SMILES string of the molecule is CC1(NC(=O)c2cc([N+](=O)[O-])cnc2N)CCCOC1. The molecule has 0 saturated carbocycles. The summed E-state index contributed by atoms with van der Waals surface area (Å²) in [6.45, 7) is 2.94. The number of pyridine rings is 1. The number of rotatable bonds is 3. The number of amides is 1. The van der Waals surface area contributed by atoms with Crippen molar-refractivity contribution in [2.24, 2.45) is 0 Å². The van der Waals surface area contributed by atoms with Crippen molar-refractivity contribution in [1.29, 1.82) is 0 Å². The van der Waals surface area contributed by atoms with Crippen LogP contribution >= 0.6 is 0 Å². The van der Waals surface area contributed by atoms with E-state index in [1.807, 2.05) is 6.92 Å². The van der Waals surface area contributed by atoms with Crippen molar-refractivity contribution in [3.8, 4) is 0 Å². The second-order valence-electron chi connectivity index (χ2n) is 5.05. The number of nitrogen functional groups attached to an aromatic ring is 1. The van der Waals surface area contributed by atoms with E-state index in [1.54, 1.807) is 0 Å². The van der Waals surface area contributed by atoms with Crippen LogP contribution in [0.2, 0.25) is 0 Å². The predicted octanol–water partition coefficient (Wildman–Crippen LogP) is 0.871. The molecule has 8 nitrogen and oxygen atoms in total. The van der Waals surface area contributed by atoms with Crippen LogP contribution in [-0.4, -0.2) is 34.6 Å². The van der Waals surface area contributed by atoms with Gasteiger partial charge in [0, 0.05) is 12.7 Å². The zero-order valence-electron chi connectivity index (χ0n) is 11.1. The Kier molecular flexibility index (Phi) is 3.84. The van der Waals surface area contributed by atoms with Crippen molar-refractivity contribution < 1.29 is 14.5 Å². The fourth-order valence-electron chi connectivity index (χ4n) is 2.12. The molecule has 3 N–H and O–H groups in total.